The summed E-state index contributed by atoms with van der Waals surface area (Å²) >= 11 is 0. The maximum Gasteiger partial charge on any atom is 0.0900 e. The Hall–Kier alpha value is -0.940. The van der Waals surface area contributed by atoms with Gasteiger partial charge in [0.2, 0.25) is 0 Å². The van der Waals surface area contributed by atoms with Crippen molar-refractivity contribution in [3.8, 4) is 0 Å². The SMILES string of the molecule is COCCOCC(O)CN(C)Cc1ccc(C)cc1. The van der Waals surface area contributed by atoms with Crippen molar-refractivity contribution in [3.05, 3.63) is 35.4 Å². The second-order valence-corrected chi connectivity index (χ2v) is 4.90. The highest BCUT2D eigenvalue weighted by atomic mass is 16.5. The molecular weight excluding hydrogens is 242 g/mol. The molecule has 1 atom stereocenters. The van der Waals surface area contributed by atoms with E-state index in [2.05, 4.69) is 36.1 Å². The Labute approximate surface area is 115 Å². The van der Waals surface area contributed by atoms with Crippen LogP contribution in [0.5, 0.6) is 0 Å². The van der Waals surface area contributed by atoms with Crippen molar-refractivity contribution in [2.24, 2.45) is 0 Å². The molecule has 108 valence electrons. The fourth-order valence-corrected chi connectivity index (χ4v) is 1.84. The zero-order valence-corrected chi connectivity index (χ0v) is 12.1. The average Bonchev–Trinajstić information content (AvgIpc) is 2.37. The van der Waals surface area contributed by atoms with Crippen LogP contribution >= 0.6 is 0 Å². The molecule has 0 aliphatic carbocycles. The number of aliphatic hydroxyl groups excluding tert-OH is 1. The first-order valence-corrected chi connectivity index (χ1v) is 6.60. The molecule has 0 amide bonds. The highest BCUT2D eigenvalue weighted by molar-refractivity contribution is 5.21. The van der Waals surface area contributed by atoms with Gasteiger partial charge in [-0.15, -0.1) is 0 Å². The standard InChI is InChI=1S/C15H25NO3/c1-13-4-6-14(7-5-13)10-16(2)11-15(17)12-19-9-8-18-3/h4-7,15,17H,8-12H2,1-3H3. The van der Waals surface area contributed by atoms with Gasteiger partial charge in [-0.25, -0.2) is 0 Å². The number of likely N-dealkylation sites (N-methyl/N-ethyl adjacent to an activating group) is 1. The highest BCUT2D eigenvalue weighted by Crippen LogP contribution is 2.06. The lowest BCUT2D eigenvalue weighted by atomic mass is 10.1. The first-order chi connectivity index (χ1) is 9.11. The first-order valence-electron chi connectivity index (χ1n) is 6.60. The Morgan fingerprint density at radius 2 is 1.89 bits per heavy atom. The van der Waals surface area contributed by atoms with E-state index >= 15 is 0 Å². The molecule has 19 heavy (non-hydrogen) atoms. The molecule has 0 saturated heterocycles. The van der Waals surface area contributed by atoms with E-state index in [-0.39, 0.29) is 0 Å². The Bertz CT molecular complexity index is 340. The van der Waals surface area contributed by atoms with Gasteiger partial charge in [0.15, 0.2) is 0 Å². The number of aliphatic hydroxyl groups is 1. The first kappa shape index (κ1) is 16.1. The number of hydrogen-bond donors (Lipinski definition) is 1. The van der Waals surface area contributed by atoms with Gasteiger partial charge < -0.3 is 14.6 Å². The summed E-state index contributed by atoms with van der Waals surface area (Å²) in [4.78, 5) is 2.09. The molecule has 0 bridgehead atoms. The van der Waals surface area contributed by atoms with Gasteiger partial charge in [0.25, 0.3) is 0 Å². The van der Waals surface area contributed by atoms with E-state index in [1.54, 1.807) is 7.11 Å². The monoisotopic (exact) mass is 267 g/mol. The minimum atomic E-state index is -0.465. The van der Waals surface area contributed by atoms with Gasteiger partial charge in [-0.3, -0.25) is 4.90 Å². The van der Waals surface area contributed by atoms with Crippen molar-refractivity contribution < 1.29 is 14.6 Å². The van der Waals surface area contributed by atoms with Gasteiger partial charge in [-0.1, -0.05) is 29.8 Å². The normalized spacial score (nSPS) is 12.9. The van der Waals surface area contributed by atoms with Crippen LogP contribution in [0, 0.1) is 6.92 Å². The van der Waals surface area contributed by atoms with Gasteiger partial charge >= 0.3 is 0 Å². The molecule has 4 nitrogen and oxygen atoms in total. The number of ether oxygens (including phenoxy) is 2. The van der Waals surface area contributed by atoms with Crippen molar-refractivity contribution in [2.75, 3.05) is 40.5 Å². The lowest BCUT2D eigenvalue weighted by Gasteiger charge is -2.20. The fraction of sp³-hybridized carbons (Fsp3) is 0.600. The summed E-state index contributed by atoms with van der Waals surface area (Å²) in [6.45, 7) is 4.94. The summed E-state index contributed by atoms with van der Waals surface area (Å²) in [7, 11) is 3.63. The molecule has 0 radical (unpaired) electrons. The van der Waals surface area contributed by atoms with Gasteiger partial charge in [0.05, 0.1) is 25.9 Å². The molecule has 1 N–H and O–H groups in total. The number of aryl methyl sites for hydroxylation is 1. The molecule has 0 heterocycles. The quantitative estimate of drug-likeness (QED) is 0.688. The van der Waals surface area contributed by atoms with Crippen LogP contribution in [-0.2, 0) is 16.0 Å². The Balaban J connectivity index is 2.22. The summed E-state index contributed by atoms with van der Waals surface area (Å²) in [6.07, 6.45) is -0.465. The second-order valence-electron chi connectivity index (χ2n) is 4.90. The second kappa shape index (κ2) is 9.04. The van der Waals surface area contributed by atoms with Gasteiger partial charge in [-0.2, -0.15) is 0 Å². The predicted molar refractivity (Wildman–Crippen MR) is 76.2 cm³/mol. The smallest absolute Gasteiger partial charge is 0.0900 e. The van der Waals surface area contributed by atoms with E-state index < -0.39 is 6.10 Å². The zero-order chi connectivity index (χ0) is 14.1. The van der Waals surface area contributed by atoms with E-state index in [4.69, 9.17) is 9.47 Å². The van der Waals surface area contributed by atoms with Gasteiger partial charge in [-0.05, 0) is 19.5 Å². The van der Waals surface area contributed by atoms with E-state index in [0.717, 1.165) is 6.54 Å². The van der Waals surface area contributed by atoms with Crippen molar-refractivity contribution in [2.45, 2.75) is 19.6 Å². The van der Waals surface area contributed by atoms with Crippen LogP contribution in [0.25, 0.3) is 0 Å². The lowest BCUT2D eigenvalue weighted by Crippen LogP contribution is -2.32. The third-order valence-electron chi connectivity index (χ3n) is 2.84. The fourth-order valence-electron chi connectivity index (χ4n) is 1.84. The van der Waals surface area contributed by atoms with E-state index in [0.29, 0.717) is 26.4 Å². The van der Waals surface area contributed by atoms with Crippen molar-refractivity contribution in [1.29, 1.82) is 0 Å². The van der Waals surface area contributed by atoms with Crippen LogP contribution < -0.4 is 0 Å². The third kappa shape index (κ3) is 7.28. The zero-order valence-electron chi connectivity index (χ0n) is 12.1. The predicted octanol–water partition coefficient (Wildman–Crippen LogP) is 1.45. The largest absolute Gasteiger partial charge is 0.389 e. The van der Waals surface area contributed by atoms with Crippen LogP contribution in [0.2, 0.25) is 0 Å². The number of nitrogens with zero attached hydrogens (tertiary/aromatic N) is 1. The minimum Gasteiger partial charge on any atom is -0.389 e. The van der Waals surface area contributed by atoms with Crippen LogP contribution in [0.3, 0.4) is 0 Å². The highest BCUT2D eigenvalue weighted by Gasteiger charge is 2.08. The van der Waals surface area contributed by atoms with Crippen molar-refractivity contribution in [1.82, 2.24) is 4.90 Å². The third-order valence-corrected chi connectivity index (χ3v) is 2.84. The molecule has 0 aromatic heterocycles. The molecule has 1 aromatic rings. The maximum absolute atomic E-state index is 9.83. The summed E-state index contributed by atoms with van der Waals surface area (Å²) in [5, 5.41) is 9.83. The average molecular weight is 267 g/mol. The maximum atomic E-state index is 9.83. The van der Waals surface area contributed by atoms with Crippen LogP contribution in [0.15, 0.2) is 24.3 Å². The number of hydrogen-bond acceptors (Lipinski definition) is 4. The Kier molecular flexibility index (Phi) is 7.67. The summed E-state index contributed by atoms with van der Waals surface area (Å²) in [5.74, 6) is 0. The van der Waals surface area contributed by atoms with Gasteiger partial charge in [0.1, 0.15) is 0 Å². The van der Waals surface area contributed by atoms with Gasteiger partial charge in [0, 0.05) is 20.2 Å². The lowest BCUT2D eigenvalue weighted by molar-refractivity contribution is 0.00161. The van der Waals surface area contributed by atoms with Crippen LogP contribution in [0.4, 0.5) is 0 Å². The molecular formula is C15H25NO3. The Morgan fingerprint density at radius 1 is 1.21 bits per heavy atom. The van der Waals surface area contributed by atoms with Crippen LogP contribution in [0.1, 0.15) is 11.1 Å². The summed E-state index contributed by atoms with van der Waals surface area (Å²) in [6, 6.07) is 8.45. The van der Waals surface area contributed by atoms with E-state index in [1.165, 1.54) is 11.1 Å². The van der Waals surface area contributed by atoms with E-state index in [1.807, 2.05) is 7.05 Å². The minimum absolute atomic E-state index is 0.349. The molecule has 0 aliphatic rings. The summed E-state index contributed by atoms with van der Waals surface area (Å²) < 4.78 is 10.2. The number of rotatable bonds is 9. The van der Waals surface area contributed by atoms with Crippen molar-refractivity contribution in [3.63, 3.8) is 0 Å². The molecule has 0 fully saturated rings. The molecule has 0 saturated carbocycles. The molecule has 1 unspecified atom stereocenters. The topological polar surface area (TPSA) is 41.9 Å². The molecule has 0 aliphatic heterocycles. The number of methoxy groups -OCH3 is 1. The molecule has 1 rings (SSSR count). The van der Waals surface area contributed by atoms with Crippen LogP contribution in [-0.4, -0.2) is 56.6 Å². The molecule has 1 aromatic carbocycles. The van der Waals surface area contributed by atoms with Crippen molar-refractivity contribution >= 4 is 0 Å². The Morgan fingerprint density at radius 3 is 2.53 bits per heavy atom. The number of benzene rings is 1. The molecule has 4 heteroatoms. The van der Waals surface area contributed by atoms with E-state index in [9.17, 15) is 5.11 Å². The molecule has 0 spiro atoms. The summed E-state index contributed by atoms with van der Waals surface area (Å²) in [5.41, 5.74) is 2.51.